The number of aromatic nitrogens is 2. The minimum absolute atomic E-state index is 0.0752. The van der Waals surface area contributed by atoms with Crippen molar-refractivity contribution in [2.75, 3.05) is 17.6 Å². The van der Waals surface area contributed by atoms with Crippen LogP contribution in [0.15, 0.2) is 42.5 Å². The van der Waals surface area contributed by atoms with E-state index < -0.39 is 57.5 Å². The lowest BCUT2D eigenvalue weighted by Gasteiger charge is -2.32. The van der Waals surface area contributed by atoms with Crippen LogP contribution in [0.2, 0.25) is 0 Å². The zero-order valence-corrected chi connectivity index (χ0v) is 23.5. The highest BCUT2D eigenvalue weighted by molar-refractivity contribution is 7.92. The van der Waals surface area contributed by atoms with E-state index >= 15 is 0 Å². The molecule has 0 radical (unpaired) electrons. The number of benzene rings is 2. The summed E-state index contributed by atoms with van der Waals surface area (Å²) < 4.78 is 91.8. The maximum Gasteiger partial charge on any atom is 0.239 e. The summed E-state index contributed by atoms with van der Waals surface area (Å²) in [6.07, 6.45) is 1.31. The average molecular weight is 596 g/mol. The van der Waals surface area contributed by atoms with E-state index in [4.69, 9.17) is 9.47 Å². The molecule has 0 spiro atoms. The van der Waals surface area contributed by atoms with E-state index in [1.54, 1.807) is 12.2 Å². The molecule has 13 heteroatoms. The van der Waals surface area contributed by atoms with Crippen molar-refractivity contribution in [1.29, 1.82) is 0 Å². The van der Waals surface area contributed by atoms with Gasteiger partial charge in [0, 0.05) is 43.1 Å². The van der Waals surface area contributed by atoms with Gasteiger partial charge in [-0.05, 0) is 30.2 Å². The molecule has 3 atom stereocenters. The monoisotopic (exact) mass is 595 g/mol. The summed E-state index contributed by atoms with van der Waals surface area (Å²) >= 11 is 0. The van der Waals surface area contributed by atoms with Crippen molar-refractivity contribution in [3.05, 3.63) is 77.0 Å². The zero-order valence-electron chi connectivity index (χ0n) is 22.7. The van der Waals surface area contributed by atoms with Crippen LogP contribution in [-0.2, 0) is 14.8 Å². The second-order valence-corrected chi connectivity index (χ2v) is 12.0. The normalized spacial score (nSPS) is 19.6. The molecular formula is C28H29F4N3O5S. The molecule has 1 aromatic heterocycles. The van der Waals surface area contributed by atoms with Gasteiger partial charge in [-0.3, -0.25) is 0 Å². The molecule has 0 aliphatic carbocycles. The molecule has 220 valence electrons. The Balaban J connectivity index is 1.72. The quantitative estimate of drug-likeness (QED) is 0.358. The Hall–Kier alpha value is -3.55. The van der Waals surface area contributed by atoms with Crippen LogP contribution in [0.3, 0.4) is 0 Å². The number of nitrogens with zero attached hydrogens (tertiary/aromatic N) is 3. The molecule has 1 N–H and O–H groups in total. The van der Waals surface area contributed by atoms with Crippen LogP contribution in [0, 0.1) is 23.3 Å². The van der Waals surface area contributed by atoms with Crippen LogP contribution in [0.4, 0.5) is 23.5 Å². The lowest BCUT2D eigenvalue weighted by Crippen LogP contribution is -2.38. The molecule has 1 aliphatic heterocycles. The van der Waals surface area contributed by atoms with Gasteiger partial charge in [0.1, 0.15) is 11.6 Å². The fraction of sp³-hybridized carbons (Fsp3) is 0.357. The molecule has 2 aromatic carbocycles. The van der Waals surface area contributed by atoms with Gasteiger partial charge in [0.15, 0.2) is 17.4 Å². The highest BCUT2D eigenvalue weighted by Crippen LogP contribution is 2.33. The molecule has 0 bridgehead atoms. The van der Waals surface area contributed by atoms with E-state index in [9.17, 15) is 31.1 Å². The second kappa shape index (κ2) is 12.1. The summed E-state index contributed by atoms with van der Waals surface area (Å²) in [4.78, 5) is 8.99. The highest BCUT2D eigenvalue weighted by atomic mass is 32.2. The van der Waals surface area contributed by atoms with Crippen molar-refractivity contribution in [2.45, 2.75) is 51.1 Å². The largest absolute Gasteiger partial charge is 0.459 e. The van der Waals surface area contributed by atoms with Crippen LogP contribution in [0.1, 0.15) is 43.9 Å². The van der Waals surface area contributed by atoms with E-state index in [2.05, 4.69) is 9.97 Å². The predicted molar refractivity (Wildman–Crippen MR) is 145 cm³/mol. The number of hydrogen-bond donors (Lipinski definition) is 1. The third-order valence-electron chi connectivity index (χ3n) is 6.39. The Bertz CT molecular complexity index is 1530. The number of aliphatic hydroxyl groups excluding tert-OH is 1. The first-order chi connectivity index (χ1) is 19.2. The fourth-order valence-corrected chi connectivity index (χ4v) is 4.64. The Kier molecular flexibility index (Phi) is 9.00. The summed E-state index contributed by atoms with van der Waals surface area (Å²) in [6.45, 7) is 3.71. The van der Waals surface area contributed by atoms with Crippen molar-refractivity contribution in [1.82, 2.24) is 9.97 Å². The number of sulfonamides is 1. The Morgan fingerprint density at radius 1 is 1.05 bits per heavy atom. The van der Waals surface area contributed by atoms with E-state index in [-0.39, 0.29) is 24.7 Å². The van der Waals surface area contributed by atoms with Gasteiger partial charge in [0.2, 0.25) is 22.3 Å². The Morgan fingerprint density at radius 2 is 1.68 bits per heavy atom. The number of rotatable bonds is 8. The fourth-order valence-electron chi connectivity index (χ4n) is 4.26. The molecule has 2 heterocycles. The van der Waals surface area contributed by atoms with E-state index in [0.29, 0.717) is 34.6 Å². The maximum atomic E-state index is 14.1. The van der Waals surface area contributed by atoms with Crippen molar-refractivity contribution in [3.63, 3.8) is 0 Å². The number of ether oxygens (including phenoxy) is 2. The van der Waals surface area contributed by atoms with Gasteiger partial charge in [0.25, 0.3) is 0 Å². The predicted octanol–water partition coefficient (Wildman–Crippen LogP) is 5.18. The highest BCUT2D eigenvalue weighted by Gasteiger charge is 2.30. The maximum absolute atomic E-state index is 14.1. The van der Waals surface area contributed by atoms with Gasteiger partial charge in [0.05, 0.1) is 29.9 Å². The van der Waals surface area contributed by atoms with Crippen molar-refractivity contribution >= 4 is 22.0 Å². The Labute approximate surface area is 235 Å². The standard InChI is InChI=1S/C28H29F4N3O5S/c1-15(2)25-21(26(16-5-7-17(29)8-6-16)34-28(33-25)35(3)41(4,37)38)10-9-20-13-19(36)14-24(39-20)40-27-22(31)11-18(30)12-23(27)32/h5-12,15,19-20,24,36H,13-14H2,1-4H3/b10-9+/t19?,20-,24?/m1/s1. The summed E-state index contributed by atoms with van der Waals surface area (Å²) in [6, 6.07) is 6.45. The lowest BCUT2D eigenvalue weighted by molar-refractivity contribution is -0.163. The van der Waals surface area contributed by atoms with Crippen LogP contribution in [-0.4, -0.2) is 55.3 Å². The zero-order chi connectivity index (χ0) is 30.1. The molecule has 1 fully saturated rings. The smallest absolute Gasteiger partial charge is 0.239 e. The minimum atomic E-state index is -3.70. The topological polar surface area (TPSA) is 102 Å². The first-order valence-electron chi connectivity index (χ1n) is 12.7. The summed E-state index contributed by atoms with van der Waals surface area (Å²) in [5, 5.41) is 10.4. The molecular weight excluding hydrogens is 566 g/mol. The minimum Gasteiger partial charge on any atom is -0.459 e. The van der Waals surface area contributed by atoms with Gasteiger partial charge < -0.3 is 14.6 Å². The Morgan fingerprint density at radius 3 is 2.27 bits per heavy atom. The molecule has 1 aliphatic rings. The van der Waals surface area contributed by atoms with Gasteiger partial charge in [-0.2, -0.15) is 0 Å². The first kappa shape index (κ1) is 30.4. The van der Waals surface area contributed by atoms with Crippen LogP contribution >= 0.6 is 0 Å². The van der Waals surface area contributed by atoms with Crippen molar-refractivity contribution in [3.8, 4) is 17.0 Å². The van der Waals surface area contributed by atoms with Gasteiger partial charge in [-0.15, -0.1) is 0 Å². The van der Waals surface area contributed by atoms with Gasteiger partial charge in [-0.1, -0.05) is 26.0 Å². The van der Waals surface area contributed by atoms with Crippen LogP contribution in [0.25, 0.3) is 17.3 Å². The average Bonchev–Trinajstić information content (AvgIpc) is 2.88. The molecule has 1 saturated heterocycles. The number of hydrogen-bond acceptors (Lipinski definition) is 7. The molecule has 3 aromatic rings. The lowest BCUT2D eigenvalue weighted by atomic mass is 9.97. The van der Waals surface area contributed by atoms with Crippen LogP contribution in [0.5, 0.6) is 5.75 Å². The second-order valence-electron chi connectivity index (χ2n) is 9.97. The van der Waals surface area contributed by atoms with Crippen molar-refractivity contribution < 1.29 is 40.6 Å². The van der Waals surface area contributed by atoms with Gasteiger partial charge >= 0.3 is 0 Å². The number of aliphatic hydroxyl groups is 1. The third-order valence-corrected chi connectivity index (χ3v) is 7.55. The summed E-state index contributed by atoms with van der Waals surface area (Å²) in [5.74, 6) is -5.18. The molecule has 0 amide bonds. The summed E-state index contributed by atoms with van der Waals surface area (Å²) in [7, 11) is -2.38. The molecule has 4 rings (SSSR count). The molecule has 41 heavy (non-hydrogen) atoms. The molecule has 8 nitrogen and oxygen atoms in total. The SMILES string of the molecule is CC(C)c1nc(N(C)S(C)(=O)=O)nc(-c2ccc(F)cc2)c1/C=C/[C@@H]1CC(O)CC(Oc2c(F)cc(F)cc2F)O1. The van der Waals surface area contributed by atoms with E-state index in [1.165, 1.54) is 31.3 Å². The van der Waals surface area contributed by atoms with Crippen molar-refractivity contribution in [2.24, 2.45) is 0 Å². The molecule has 2 unspecified atom stereocenters. The summed E-state index contributed by atoms with van der Waals surface area (Å²) in [5.41, 5.74) is 1.80. The number of anilines is 1. The van der Waals surface area contributed by atoms with Crippen LogP contribution < -0.4 is 9.04 Å². The number of halogens is 4. The van der Waals surface area contributed by atoms with E-state index in [0.717, 1.165) is 10.6 Å². The van der Waals surface area contributed by atoms with E-state index in [1.807, 2.05) is 13.8 Å². The van der Waals surface area contributed by atoms with Gasteiger partial charge in [-0.25, -0.2) is 40.3 Å². The molecule has 0 saturated carbocycles. The third kappa shape index (κ3) is 7.21. The first-order valence-corrected chi connectivity index (χ1v) is 14.5.